The van der Waals surface area contributed by atoms with Gasteiger partial charge in [-0.3, -0.25) is 4.99 Å². The van der Waals surface area contributed by atoms with Crippen molar-refractivity contribution in [3.05, 3.63) is 24.2 Å². The molecular weight excluding hydrogens is 417 g/mol. The molecule has 1 aliphatic heterocycles. The average molecular weight is 449 g/mol. The monoisotopic (exact) mass is 449 g/mol. The van der Waals surface area contributed by atoms with Gasteiger partial charge in [0.1, 0.15) is 5.76 Å². The molecule has 0 aliphatic carbocycles. The van der Waals surface area contributed by atoms with Crippen LogP contribution in [-0.4, -0.2) is 38.8 Å². The van der Waals surface area contributed by atoms with Crippen molar-refractivity contribution in [1.82, 2.24) is 10.6 Å². The minimum Gasteiger partial charge on any atom is -0.469 e. The van der Waals surface area contributed by atoms with E-state index in [1.807, 2.05) is 12.1 Å². The Morgan fingerprint density at radius 2 is 2.12 bits per heavy atom. The standard InChI is InChI=1S/C18H31N3O2.HI/c1-2-3-4-5-10-19-18(21-14-16-9-13-22-15-16)20-11-8-17-7-6-12-23-17;/h6-7,12,16H,2-5,8-11,13-15H2,1H3,(H2,19,20,21);1H. The van der Waals surface area contributed by atoms with Gasteiger partial charge in [-0.15, -0.1) is 24.0 Å². The summed E-state index contributed by atoms with van der Waals surface area (Å²) in [6.45, 7) is 6.61. The summed E-state index contributed by atoms with van der Waals surface area (Å²) in [5.74, 6) is 2.49. The summed E-state index contributed by atoms with van der Waals surface area (Å²) in [6.07, 6.45) is 8.76. The predicted octanol–water partition coefficient (Wildman–Crippen LogP) is 3.59. The van der Waals surface area contributed by atoms with Gasteiger partial charge < -0.3 is 19.8 Å². The molecule has 1 aliphatic rings. The van der Waals surface area contributed by atoms with E-state index < -0.39 is 0 Å². The summed E-state index contributed by atoms with van der Waals surface area (Å²) in [4.78, 5) is 4.73. The van der Waals surface area contributed by atoms with Crippen LogP contribution in [0.15, 0.2) is 27.8 Å². The van der Waals surface area contributed by atoms with Crippen LogP contribution in [0.2, 0.25) is 0 Å². The molecule has 6 heteroatoms. The van der Waals surface area contributed by atoms with Crippen molar-refractivity contribution in [3.63, 3.8) is 0 Å². The molecule has 1 atom stereocenters. The van der Waals surface area contributed by atoms with Crippen molar-refractivity contribution in [1.29, 1.82) is 0 Å². The Morgan fingerprint density at radius 3 is 2.83 bits per heavy atom. The fourth-order valence-corrected chi connectivity index (χ4v) is 2.64. The third kappa shape index (κ3) is 8.92. The second-order valence-electron chi connectivity index (χ2n) is 6.16. The molecule has 1 fully saturated rings. The summed E-state index contributed by atoms with van der Waals surface area (Å²) in [6, 6.07) is 3.93. The van der Waals surface area contributed by atoms with E-state index in [0.717, 1.165) is 57.4 Å². The van der Waals surface area contributed by atoms with E-state index in [1.54, 1.807) is 6.26 Å². The molecule has 1 aromatic rings. The highest BCUT2D eigenvalue weighted by molar-refractivity contribution is 14.0. The summed E-state index contributed by atoms with van der Waals surface area (Å²) in [5, 5.41) is 6.86. The third-order valence-corrected chi connectivity index (χ3v) is 4.10. The molecule has 1 saturated heterocycles. The minimum absolute atomic E-state index is 0. The van der Waals surface area contributed by atoms with Crippen molar-refractivity contribution in [2.75, 3.05) is 32.8 Å². The van der Waals surface area contributed by atoms with Crippen molar-refractivity contribution in [2.24, 2.45) is 10.9 Å². The summed E-state index contributed by atoms with van der Waals surface area (Å²) in [5.41, 5.74) is 0. The lowest BCUT2D eigenvalue weighted by atomic mass is 10.1. The van der Waals surface area contributed by atoms with Crippen LogP contribution >= 0.6 is 24.0 Å². The number of rotatable bonds is 10. The van der Waals surface area contributed by atoms with Crippen LogP contribution in [0.1, 0.15) is 44.8 Å². The Morgan fingerprint density at radius 1 is 1.25 bits per heavy atom. The Hall–Kier alpha value is -0.760. The van der Waals surface area contributed by atoms with Gasteiger partial charge in [-0.25, -0.2) is 0 Å². The maximum Gasteiger partial charge on any atom is 0.191 e. The number of hydrogen-bond acceptors (Lipinski definition) is 3. The third-order valence-electron chi connectivity index (χ3n) is 4.10. The van der Waals surface area contributed by atoms with Crippen LogP contribution in [0.25, 0.3) is 0 Å². The van der Waals surface area contributed by atoms with Gasteiger partial charge >= 0.3 is 0 Å². The zero-order valence-corrected chi connectivity index (χ0v) is 17.1. The molecule has 0 radical (unpaired) electrons. The fraction of sp³-hybridized carbons (Fsp3) is 0.722. The molecule has 0 spiro atoms. The second-order valence-corrected chi connectivity index (χ2v) is 6.16. The maximum absolute atomic E-state index is 5.42. The lowest BCUT2D eigenvalue weighted by Crippen LogP contribution is -2.39. The highest BCUT2D eigenvalue weighted by Gasteiger charge is 2.15. The van der Waals surface area contributed by atoms with Crippen LogP contribution in [0.5, 0.6) is 0 Å². The molecule has 0 amide bonds. The van der Waals surface area contributed by atoms with Gasteiger partial charge in [0.2, 0.25) is 0 Å². The number of unbranched alkanes of at least 4 members (excludes halogenated alkanes) is 3. The first-order valence-corrected chi connectivity index (χ1v) is 9.00. The molecule has 1 unspecified atom stereocenters. The van der Waals surface area contributed by atoms with Crippen LogP contribution in [-0.2, 0) is 11.2 Å². The molecule has 24 heavy (non-hydrogen) atoms. The van der Waals surface area contributed by atoms with E-state index in [4.69, 9.17) is 14.1 Å². The zero-order chi connectivity index (χ0) is 16.2. The van der Waals surface area contributed by atoms with Crippen LogP contribution in [0.3, 0.4) is 0 Å². The lowest BCUT2D eigenvalue weighted by Gasteiger charge is -2.13. The molecule has 2 N–H and O–H groups in total. The number of hydrogen-bond donors (Lipinski definition) is 2. The van der Waals surface area contributed by atoms with Gasteiger partial charge in [-0.1, -0.05) is 26.2 Å². The largest absolute Gasteiger partial charge is 0.469 e. The van der Waals surface area contributed by atoms with E-state index in [0.29, 0.717) is 5.92 Å². The first-order valence-electron chi connectivity index (χ1n) is 9.00. The van der Waals surface area contributed by atoms with Crippen LogP contribution < -0.4 is 10.6 Å². The number of aliphatic imine (C=N–C) groups is 1. The van der Waals surface area contributed by atoms with Gasteiger partial charge in [0.15, 0.2) is 5.96 Å². The van der Waals surface area contributed by atoms with E-state index >= 15 is 0 Å². The van der Waals surface area contributed by atoms with Gasteiger partial charge in [-0.05, 0) is 25.0 Å². The molecule has 1 aromatic heterocycles. The molecule has 138 valence electrons. The molecule has 2 heterocycles. The molecule has 2 rings (SSSR count). The van der Waals surface area contributed by atoms with Crippen molar-refractivity contribution < 1.29 is 9.15 Å². The van der Waals surface area contributed by atoms with Gasteiger partial charge in [0.05, 0.1) is 12.9 Å². The van der Waals surface area contributed by atoms with Crippen molar-refractivity contribution in [3.8, 4) is 0 Å². The number of nitrogens with one attached hydrogen (secondary N) is 2. The van der Waals surface area contributed by atoms with E-state index in [1.165, 1.54) is 25.7 Å². The van der Waals surface area contributed by atoms with E-state index in [-0.39, 0.29) is 24.0 Å². The summed E-state index contributed by atoms with van der Waals surface area (Å²) < 4.78 is 10.8. The number of halogens is 1. The Bertz CT molecular complexity index is 431. The SMILES string of the molecule is CCCCCCNC(=NCC1CCOC1)NCCc1ccco1.I. The summed E-state index contributed by atoms with van der Waals surface area (Å²) in [7, 11) is 0. The van der Waals surface area contributed by atoms with Gasteiger partial charge in [0.25, 0.3) is 0 Å². The molecular formula is C18H32IN3O2. The summed E-state index contributed by atoms with van der Waals surface area (Å²) >= 11 is 0. The Balaban J connectivity index is 0.00000288. The van der Waals surface area contributed by atoms with E-state index in [9.17, 15) is 0 Å². The first kappa shape index (κ1) is 21.3. The topological polar surface area (TPSA) is 58.8 Å². The Labute approximate surface area is 163 Å². The number of nitrogens with zero attached hydrogens (tertiary/aromatic N) is 1. The zero-order valence-electron chi connectivity index (χ0n) is 14.8. The lowest BCUT2D eigenvalue weighted by molar-refractivity contribution is 0.187. The minimum atomic E-state index is 0. The van der Waals surface area contributed by atoms with Crippen molar-refractivity contribution >= 4 is 29.9 Å². The Kier molecular flexibility index (Phi) is 12.0. The van der Waals surface area contributed by atoms with Crippen LogP contribution in [0.4, 0.5) is 0 Å². The van der Waals surface area contributed by atoms with E-state index in [2.05, 4.69) is 17.6 Å². The van der Waals surface area contributed by atoms with Gasteiger partial charge in [0, 0.05) is 38.6 Å². The number of furan rings is 1. The fourth-order valence-electron chi connectivity index (χ4n) is 2.64. The number of guanidine groups is 1. The average Bonchev–Trinajstić information content (AvgIpc) is 3.25. The van der Waals surface area contributed by atoms with Crippen molar-refractivity contribution in [2.45, 2.75) is 45.4 Å². The predicted molar refractivity (Wildman–Crippen MR) is 109 cm³/mol. The molecule has 0 aromatic carbocycles. The second kappa shape index (κ2) is 13.5. The van der Waals surface area contributed by atoms with Gasteiger partial charge in [-0.2, -0.15) is 0 Å². The quantitative estimate of drug-likeness (QED) is 0.248. The number of ether oxygens (including phenoxy) is 1. The maximum atomic E-state index is 5.42. The molecule has 5 nitrogen and oxygen atoms in total. The first-order chi connectivity index (χ1) is 11.4. The molecule has 0 bridgehead atoms. The highest BCUT2D eigenvalue weighted by atomic mass is 127. The van der Waals surface area contributed by atoms with Crippen LogP contribution in [0, 0.1) is 5.92 Å². The normalized spacial score (nSPS) is 17.5. The smallest absolute Gasteiger partial charge is 0.191 e. The molecule has 0 saturated carbocycles. The highest BCUT2D eigenvalue weighted by Crippen LogP contribution is 2.12.